The number of nitrogens with zero attached hydrogens (tertiary/aromatic N) is 1. The SMILES string of the molecule is CC(C)C[C@@H](C(N)=O)N(C(=O)OCc1ccccc1)C(=O)[C@@H](N)CSCc1ccccc1. The van der Waals surface area contributed by atoms with Gasteiger partial charge in [0.05, 0.1) is 6.04 Å². The summed E-state index contributed by atoms with van der Waals surface area (Å²) in [6, 6.07) is 16.7. The van der Waals surface area contributed by atoms with Crippen LogP contribution in [-0.4, -0.2) is 40.6 Å². The van der Waals surface area contributed by atoms with Crippen LogP contribution in [0.3, 0.4) is 0 Å². The number of nitrogens with two attached hydrogens (primary N) is 2. The Kier molecular flexibility index (Phi) is 10.2. The van der Waals surface area contributed by atoms with Crippen molar-refractivity contribution in [3.8, 4) is 0 Å². The Morgan fingerprint density at radius 2 is 1.53 bits per heavy atom. The molecule has 3 amide bonds. The Morgan fingerprint density at radius 3 is 2.06 bits per heavy atom. The van der Waals surface area contributed by atoms with Crippen LogP contribution < -0.4 is 11.5 Å². The van der Waals surface area contributed by atoms with E-state index in [0.717, 1.165) is 16.0 Å². The highest BCUT2D eigenvalue weighted by Gasteiger charge is 2.37. The molecule has 0 aliphatic carbocycles. The molecule has 7 nitrogen and oxygen atoms in total. The zero-order valence-electron chi connectivity index (χ0n) is 18.5. The third-order valence-corrected chi connectivity index (χ3v) is 5.83. The predicted octanol–water partition coefficient (Wildman–Crippen LogP) is 3.31. The Bertz CT molecular complexity index is 877. The molecular weight excluding hydrogens is 426 g/mol. The topological polar surface area (TPSA) is 116 Å². The van der Waals surface area contributed by atoms with E-state index < -0.39 is 30.0 Å². The van der Waals surface area contributed by atoms with Crippen LogP contribution in [-0.2, 0) is 26.7 Å². The quantitative estimate of drug-likeness (QED) is 0.535. The highest BCUT2D eigenvalue weighted by Crippen LogP contribution is 2.18. The summed E-state index contributed by atoms with van der Waals surface area (Å²) >= 11 is 1.48. The molecule has 2 aromatic rings. The molecule has 32 heavy (non-hydrogen) atoms. The van der Waals surface area contributed by atoms with E-state index in [0.29, 0.717) is 5.75 Å². The van der Waals surface area contributed by atoms with Gasteiger partial charge in [-0.1, -0.05) is 74.5 Å². The molecule has 4 N–H and O–H groups in total. The van der Waals surface area contributed by atoms with Crippen molar-refractivity contribution in [3.05, 3.63) is 71.8 Å². The van der Waals surface area contributed by atoms with E-state index in [-0.39, 0.29) is 24.7 Å². The van der Waals surface area contributed by atoms with Crippen molar-refractivity contribution in [2.75, 3.05) is 5.75 Å². The molecule has 0 aliphatic heterocycles. The molecule has 172 valence electrons. The van der Waals surface area contributed by atoms with Crippen molar-refractivity contribution in [2.45, 2.75) is 44.7 Å². The lowest BCUT2D eigenvalue weighted by Crippen LogP contribution is -2.56. The molecule has 2 aromatic carbocycles. The minimum absolute atomic E-state index is 0.0217. The van der Waals surface area contributed by atoms with Crippen LogP contribution in [0.2, 0.25) is 0 Å². The summed E-state index contributed by atoms with van der Waals surface area (Å²) in [4.78, 5) is 39.0. The molecule has 0 unspecified atom stereocenters. The summed E-state index contributed by atoms with van der Waals surface area (Å²) in [5, 5.41) is 0. The number of ether oxygens (including phenoxy) is 1. The zero-order chi connectivity index (χ0) is 23.5. The van der Waals surface area contributed by atoms with Crippen LogP contribution in [0.15, 0.2) is 60.7 Å². The number of imide groups is 1. The van der Waals surface area contributed by atoms with Gasteiger partial charge in [0, 0.05) is 11.5 Å². The fraction of sp³-hybridized carbons (Fsp3) is 0.375. The Labute approximate surface area is 193 Å². The molecule has 0 aliphatic rings. The molecule has 0 spiro atoms. The second kappa shape index (κ2) is 12.9. The third kappa shape index (κ3) is 8.01. The average molecular weight is 458 g/mol. The first-order valence-corrected chi connectivity index (χ1v) is 11.6. The van der Waals surface area contributed by atoms with Gasteiger partial charge in [-0.05, 0) is 23.5 Å². The van der Waals surface area contributed by atoms with Gasteiger partial charge in [-0.25, -0.2) is 9.69 Å². The number of primary amides is 1. The van der Waals surface area contributed by atoms with Crippen LogP contribution in [0.25, 0.3) is 0 Å². The molecule has 0 radical (unpaired) electrons. The molecule has 0 saturated heterocycles. The standard InChI is InChI=1S/C24H31N3O4S/c1-17(2)13-21(22(26)28)27(24(30)31-14-18-9-5-3-6-10-18)23(29)20(25)16-32-15-19-11-7-4-8-12-19/h3-12,17,20-21H,13-16,25H2,1-2H3,(H2,26,28)/t20-,21-/m0/s1. The lowest BCUT2D eigenvalue weighted by molar-refractivity contribution is -0.138. The smallest absolute Gasteiger partial charge is 0.417 e. The maximum atomic E-state index is 13.1. The highest BCUT2D eigenvalue weighted by atomic mass is 32.2. The van der Waals surface area contributed by atoms with Crippen molar-refractivity contribution in [3.63, 3.8) is 0 Å². The fourth-order valence-corrected chi connectivity index (χ4v) is 4.03. The molecular formula is C24H31N3O4S. The van der Waals surface area contributed by atoms with Crippen molar-refractivity contribution in [1.29, 1.82) is 0 Å². The van der Waals surface area contributed by atoms with E-state index in [1.54, 1.807) is 12.1 Å². The van der Waals surface area contributed by atoms with Gasteiger partial charge in [0.1, 0.15) is 12.6 Å². The molecule has 8 heteroatoms. The second-order valence-electron chi connectivity index (χ2n) is 7.90. The lowest BCUT2D eigenvalue weighted by Gasteiger charge is -2.30. The van der Waals surface area contributed by atoms with Gasteiger partial charge < -0.3 is 16.2 Å². The Morgan fingerprint density at radius 1 is 0.969 bits per heavy atom. The molecule has 2 rings (SSSR count). The maximum Gasteiger partial charge on any atom is 0.417 e. The Balaban J connectivity index is 2.10. The van der Waals surface area contributed by atoms with Crippen LogP contribution in [0.1, 0.15) is 31.4 Å². The summed E-state index contributed by atoms with van der Waals surface area (Å²) in [6.07, 6.45) is -0.697. The first kappa shape index (κ1) is 25.4. The number of hydrogen-bond donors (Lipinski definition) is 2. The third-order valence-electron chi connectivity index (χ3n) is 4.70. The highest BCUT2D eigenvalue weighted by molar-refractivity contribution is 7.98. The number of carbonyl (C=O) groups excluding carboxylic acids is 3. The minimum Gasteiger partial charge on any atom is -0.444 e. The predicted molar refractivity (Wildman–Crippen MR) is 126 cm³/mol. The summed E-state index contributed by atoms with van der Waals surface area (Å²) in [5.41, 5.74) is 13.5. The monoisotopic (exact) mass is 457 g/mol. The van der Waals surface area contributed by atoms with E-state index >= 15 is 0 Å². The van der Waals surface area contributed by atoms with Gasteiger partial charge in [-0.3, -0.25) is 9.59 Å². The van der Waals surface area contributed by atoms with Crippen molar-refractivity contribution in [1.82, 2.24) is 4.90 Å². The number of hydrogen-bond acceptors (Lipinski definition) is 6. The molecule has 0 heterocycles. The Hall–Kier alpha value is -2.84. The normalized spacial score (nSPS) is 12.8. The molecule has 2 atom stereocenters. The van der Waals surface area contributed by atoms with Gasteiger partial charge >= 0.3 is 6.09 Å². The molecule has 0 aromatic heterocycles. The largest absolute Gasteiger partial charge is 0.444 e. The van der Waals surface area contributed by atoms with Crippen LogP contribution in [0.4, 0.5) is 4.79 Å². The van der Waals surface area contributed by atoms with Crippen LogP contribution in [0, 0.1) is 5.92 Å². The van der Waals surface area contributed by atoms with Crippen molar-refractivity contribution in [2.24, 2.45) is 17.4 Å². The van der Waals surface area contributed by atoms with E-state index in [1.165, 1.54) is 11.8 Å². The molecule has 0 bridgehead atoms. The van der Waals surface area contributed by atoms with Gasteiger partial charge in [0.2, 0.25) is 11.8 Å². The van der Waals surface area contributed by atoms with Crippen molar-refractivity contribution >= 4 is 29.7 Å². The number of amides is 3. The first-order chi connectivity index (χ1) is 15.3. The van der Waals surface area contributed by atoms with E-state index in [4.69, 9.17) is 16.2 Å². The van der Waals surface area contributed by atoms with Gasteiger partial charge in [-0.2, -0.15) is 11.8 Å². The maximum absolute atomic E-state index is 13.1. The fourth-order valence-electron chi connectivity index (χ4n) is 3.08. The number of carbonyl (C=O) groups is 3. The van der Waals surface area contributed by atoms with Crippen LogP contribution in [0.5, 0.6) is 0 Å². The lowest BCUT2D eigenvalue weighted by atomic mass is 10.0. The summed E-state index contributed by atoms with van der Waals surface area (Å²) in [6.45, 7) is 3.72. The average Bonchev–Trinajstić information content (AvgIpc) is 2.78. The van der Waals surface area contributed by atoms with Crippen LogP contribution >= 0.6 is 11.8 Å². The van der Waals surface area contributed by atoms with E-state index in [1.807, 2.05) is 62.4 Å². The van der Waals surface area contributed by atoms with E-state index in [2.05, 4.69) is 0 Å². The number of benzene rings is 2. The van der Waals surface area contributed by atoms with Gasteiger partial charge in [0.25, 0.3) is 0 Å². The summed E-state index contributed by atoms with van der Waals surface area (Å²) < 4.78 is 5.34. The summed E-state index contributed by atoms with van der Waals surface area (Å²) in [5.74, 6) is -0.469. The molecule has 0 fully saturated rings. The van der Waals surface area contributed by atoms with Gasteiger partial charge in [0.15, 0.2) is 0 Å². The van der Waals surface area contributed by atoms with Crippen molar-refractivity contribution < 1.29 is 19.1 Å². The first-order valence-electron chi connectivity index (χ1n) is 10.5. The summed E-state index contributed by atoms with van der Waals surface area (Å²) in [7, 11) is 0. The second-order valence-corrected chi connectivity index (χ2v) is 8.93. The van der Waals surface area contributed by atoms with E-state index in [9.17, 15) is 14.4 Å². The zero-order valence-corrected chi connectivity index (χ0v) is 19.3. The molecule has 0 saturated carbocycles. The van der Waals surface area contributed by atoms with Gasteiger partial charge in [-0.15, -0.1) is 0 Å². The minimum atomic E-state index is -1.13. The number of rotatable bonds is 11. The number of thioether (sulfide) groups is 1.